The van der Waals surface area contributed by atoms with Crippen molar-refractivity contribution in [3.05, 3.63) is 60.2 Å². The third-order valence-electron chi connectivity index (χ3n) is 5.36. The van der Waals surface area contributed by atoms with E-state index in [1.54, 1.807) is 0 Å². The summed E-state index contributed by atoms with van der Waals surface area (Å²) in [5, 5.41) is 6.97. The van der Waals surface area contributed by atoms with Crippen LogP contribution in [0.4, 0.5) is 5.69 Å². The first-order valence-corrected chi connectivity index (χ1v) is 10.4. The molecule has 2 fully saturated rings. The topological polar surface area (TPSA) is 71.7 Å². The van der Waals surface area contributed by atoms with Gasteiger partial charge in [-0.1, -0.05) is 43.2 Å². The van der Waals surface area contributed by atoms with Crippen molar-refractivity contribution in [2.24, 2.45) is 10.7 Å². The average molecular weight is 379 g/mol. The molecule has 2 aromatic rings. The van der Waals surface area contributed by atoms with Crippen LogP contribution in [0.15, 0.2) is 59.6 Å². The standard InChI is InChI=1S/C23H30N4O/c24-21-8-4-5-9-22(21)27-23(25-18-10-11-18)26-19-12-14-20(15-13-19)28-16-17-6-2-1-3-7-17/h1-3,6-7,12-15,18,21-22H,4-5,8-11,16,24H2,(H2,25,26,27)/t21-,22-/m0/s1. The van der Waals surface area contributed by atoms with Crippen molar-refractivity contribution in [2.45, 2.75) is 63.3 Å². The Balaban J connectivity index is 1.37. The van der Waals surface area contributed by atoms with Gasteiger partial charge in [-0.05, 0) is 55.5 Å². The van der Waals surface area contributed by atoms with E-state index in [0.717, 1.165) is 35.8 Å². The summed E-state index contributed by atoms with van der Waals surface area (Å²) in [7, 11) is 0. The van der Waals surface area contributed by atoms with Crippen molar-refractivity contribution in [1.29, 1.82) is 0 Å². The molecule has 148 valence electrons. The molecule has 4 rings (SSSR count). The highest BCUT2D eigenvalue weighted by Gasteiger charge is 2.25. The smallest absolute Gasteiger partial charge is 0.196 e. The van der Waals surface area contributed by atoms with Crippen molar-refractivity contribution in [3.63, 3.8) is 0 Å². The second-order valence-electron chi connectivity index (χ2n) is 7.84. The molecule has 2 aliphatic carbocycles. The average Bonchev–Trinajstić information content (AvgIpc) is 3.54. The first-order valence-electron chi connectivity index (χ1n) is 10.4. The molecular formula is C23H30N4O. The zero-order valence-corrected chi connectivity index (χ0v) is 16.3. The molecule has 4 N–H and O–H groups in total. The van der Waals surface area contributed by atoms with E-state index in [0.29, 0.717) is 12.6 Å². The molecule has 2 atom stereocenters. The number of aliphatic imine (C=N–C) groups is 1. The molecule has 0 unspecified atom stereocenters. The van der Waals surface area contributed by atoms with Crippen LogP contribution in [0, 0.1) is 0 Å². The van der Waals surface area contributed by atoms with E-state index in [4.69, 9.17) is 15.5 Å². The Morgan fingerprint density at radius 2 is 1.71 bits per heavy atom. The molecular weight excluding hydrogens is 348 g/mol. The fourth-order valence-electron chi connectivity index (χ4n) is 3.50. The lowest BCUT2D eigenvalue weighted by molar-refractivity contribution is 0.306. The van der Waals surface area contributed by atoms with Crippen molar-refractivity contribution in [3.8, 4) is 5.75 Å². The first-order chi connectivity index (χ1) is 13.8. The van der Waals surface area contributed by atoms with E-state index in [-0.39, 0.29) is 12.1 Å². The Kier molecular flexibility index (Phi) is 6.12. The molecule has 0 aromatic heterocycles. The molecule has 5 nitrogen and oxygen atoms in total. The minimum absolute atomic E-state index is 0.167. The van der Waals surface area contributed by atoms with Gasteiger partial charge in [0.2, 0.25) is 0 Å². The summed E-state index contributed by atoms with van der Waals surface area (Å²) >= 11 is 0. The lowest BCUT2D eigenvalue weighted by Crippen LogP contribution is -2.40. The van der Waals surface area contributed by atoms with Crippen LogP contribution in [0.5, 0.6) is 5.75 Å². The van der Waals surface area contributed by atoms with Crippen molar-refractivity contribution in [1.82, 2.24) is 5.32 Å². The monoisotopic (exact) mass is 378 g/mol. The van der Waals surface area contributed by atoms with Crippen LogP contribution in [-0.4, -0.2) is 24.1 Å². The predicted octanol–water partition coefficient (Wildman–Crippen LogP) is 4.06. The largest absolute Gasteiger partial charge is 0.489 e. The Morgan fingerprint density at radius 1 is 0.964 bits per heavy atom. The number of rotatable bonds is 6. The van der Waals surface area contributed by atoms with Gasteiger partial charge < -0.3 is 21.1 Å². The van der Waals surface area contributed by atoms with Gasteiger partial charge in [0.1, 0.15) is 12.4 Å². The van der Waals surface area contributed by atoms with Gasteiger partial charge in [-0.2, -0.15) is 0 Å². The van der Waals surface area contributed by atoms with E-state index in [1.807, 2.05) is 42.5 Å². The SMILES string of the molecule is N[C@H]1CCCC[C@@H]1N=C(Nc1ccc(OCc2ccccc2)cc1)NC1CC1. The van der Waals surface area contributed by atoms with Gasteiger partial charge in [0.05, 0.1) is 6.04 Å². The summed E-state index contributed by atoms with van der Waals surface area (Å²) < 4.78 is 5.87. The first kappa shape index (κ1) is 18.8. The summed E-state index contributed by atoms with van der Waals surface area (Å²) in [6, 6.07) is 19.2. The maximum absolute atomic E-state index is 6.29. The summed E-state index contributed by atoms with van der Waals surface area (Å²) in [5.41, 5.74) is 8.46. The van der Waals surface area contributed by atoms with Gasteiger partial charge >= 0.3 is 0 Å². The van der Waals surface area contributed by atoms with Gasteiger partial charge in [0.25, 0.3) is 0 Å². The second kappa shape index (κ2) is 9.11. The van der Waals surface area contributed by atoms with Crippen LogP contribution < -0.4 is 21.1 Å². The number of hydrogen-bond acceptors (Lipinski definition) is 3. The quantitative estimate of drug-likeness (QED) is 0.524. The maximum Gasteiger partial charge on any atom is 0.196 e. The van der Waals surface area contributed by atoms with Crippen LogP contribution in [0.2, 0.25) is 0 Å². The van der Waals surface area contributed by atoms with E-state index >= 15 is 0 Å². The number of nitrogens with zero attached hydrogens (tertiary/aromatic N) is 1. The molecule has 2 aromatic carbocycles. The lowest BCUT2D eigenvalue weighted by atomic mass is 9.91. The van der Waals surface area contributed by atoms with Gasteiger partial charge in [-0.15, -0.1) is 0 Å². The Morgan fingerprint density at radius 3 is 2.43 bits per heavy atom. The third-order valence-corrected chi connectivity index (χ3v) is 5.36. The van der Waals surface area contributed by atoms with E-state index in [1.165, 1.54) is 25.7 Å². The molecule has 0 aliphatic heterocycles. The summed E-state index contributed by atoms with van der Waals surface area (Å²) in [4.78, 5) is 4.93. The molecule has 0 amide bonds. The number of nitrogens with two attached hydrogens (primary N) is 1. The van der Waals surface area contributed by atoms with Gasteiger partial charge in [-0.3, -0.25) is 0 Å². The van der Waals surface area contributed by atoms with Crippen LogP contribution in [0.3, 0.4) is 0 Å². The van der Waals surface area contributed by atoms with Gasteiger partial charge in [0.15, 0.2) is 5.96 Å². The van der Waals surface area contributed by atoms with Crippen LogP contribution in [0.25, 0.3) is 0 Å². The minimum Gasteiger partial charge on any atom is -0.489 e. The molecule has 0 heterocycles. The number of benzene rings is 2. The van der Waals surface area contributed by atoms with Crippen molar-refractivity contribution in [2.75, 3.05) is 5.32 Å². The Labute approximate surface area is 167 Å². The Bertz CT molecular complexity index is 771. The molecule has 28 heavy (non-hydrogen) atoms. The van der Waals surface area contributed by atoms with E-state index in [9.17, 15) is 0 Å². The van der Waals surface area contributed by atoms with E-state index in [2.05, 4.69) is 22.8 Å². The maximum atomic E-state index is 6.29. The molecule has 2 aliphatic rings. The minimum atomic E-state index is 0.167. The number of hydrogen-bond donors (Lipinski definition) is 3. The normalized spacial score (nSPS) is 22.5. The molecule has 0 bridgehead atoms. The number of ether oxygens (including phenoxy) is 1. The molecule has 0 radical (unpaired) electrons. The zero-order chi connectivity index (χ0) is 19.2. The Hall–Kier alpha value is -2.53. The summed E-state index contributed by atoms with van der Waals surface area (Å²) in [6.07, 6.45) is 7.00. The fraction of sp³-hybridized carbons (Fsp3) is 0.435. The summed E-state index contributed by atoms with van der Waals surface area (Å²) in [5.74, 6) is 1.71. The zero-order valence-electron chi connectivity index (χ0n) is 16.3. The van der Waals surface area contributed by atoms with E-state index < -0.39 is 0 Å². The van der Waals surface area contributed by atoms with Crippen LogP contribution in [-0.2, 0) is 6.61 Å². The highest BCUT2D eigenvalue weighted by atomic mass is 16.5. The molecule has 2 saturated carbocycles. The molecule has 5 heteroatoms. The van der Waals surface area contributed by atoms with Gasteiger partial charge in [0, 0.05) is 17.8 Å². The highest BCUT2D eigenvalue weighted by molar-refractivity contribution is 5.94. The number of guanidine groups is 1. The fourth-order valence-corrected chi connectivity index (χ4v) is 3.50. The number of anilines is 1. The lowest BCUT2D eigenvalue weighted by Gasteiger charge is -2.26. The van der Waals surface area contributed by atoms with Crippen molar-refractivity contribution < 1.29 is 4.74 Å². The van der Waals surface area contributed by atoms with Gasteiger partial charge in [-0.25, -0.2) is 4.99 Å². The van der Waals surface area contributed by atoms with Crippen LogP contribution >= 0.6 is 0 Å². The van der Waals surface area contributed by atoms with Crippen molar-refractivity contribution >= 4 is 11.6 Å². The second-order valence-corrected chi connectivity index (χ2v) is 7.84. The molecule has 0 spiro atoms. The highest BCUT2D eigenvalue weighted by Crippen LogP contribution is 2.23. The third kappa shape index (κ3) is 5.49. The van der Waals surface area contributed by atoms with Crippen LogP contribution in [0.1, 0.15) is 44.1 Å². The molecule has 0 saturated heterocycles. The summed E-state index contributed by atoms with van der Waals surface area (Å²) in [6.45, 7) is 0.573. The number of nitrogens with one attached hydrogen (secondary N) is 2. The predicted molar refractivity (Wildman–Crippen MR) is 115 cm³/mol.